The van der Waals surface area contributed by atoms with Gasteiger partial charge in [-0.15, -0.1) is 4.57 Å². The van der Waals surface area contributed by atoms with E-state index in [1.165, 1.54) is 5.56 Å². The van der Waals surface area contributed by atoms with Gasteiger partial charge < -0.3 is 9.64 Å². The zero-order valence-corrected chi connectivity index (χ0v) is 38.1. The summed E-state index contributed by atoms with van der Waals surface area (Å²) < 4.78 is 101. The largest absolute Gasteiger partial charge is 0.432 e. The van der Waals surface area contributed by atoms with Gasteiger partial charge >= 0.3 is 5.85 Å². The summed E-state index contributed by atoms with van der Waals surface area (Å²) in [7, 11) is 0. The molecule has 0 saturated heterocycles. The van der Waals surface area contributed by atoms with Crippen molar-refractivity contribution in [3.63, 3.8) is 0 Å². The van der Waals surface area contributed by atoms with Gasteiger partial charge in [0.1, 0.15) is 18.8 Å². The summed E-state index contributed by atoms with van der Waals surface area (Å²) in [5.74, 6) is -0.877. The Labute approximate surface area is 388 Å². The summed E-state index contributed by atoms with van der Waals surface area (Å²) in [4.78, 5) is 4.68. The Morgan fingerprint density at radius 2 is 1.38 bits per heavy atom. The minimum Gasteiger partial charge on any atom is -0.410 e. The monoisotopic (exact) mass is 837 g/mol. The molecule has 4 aliphatic heterocycles. The molecule has 63 heavy (non-hydrogen) atoms. The minimum absolute atomic E-state index is 0.208. The van der Waals surface area contributed by atoms with E-state index in [4.69, 9.17) is 11.6 Å². The van der Waals surface area contributed by atoms with Crippen molar-refractivity contribution in [1.82, 2.24) is 0 Å². The number of pyridine rings is 1. The first-order valence-electron chi connectivity index (χ1n) is 27.2. The van der Waals surface area contributed by atoms with Crippen LogP contribution in [0.5, 0.6) is 5.75 Å². The van der Waals surface area contributed by atoms with Gasteiger partial charge in [-0.1, -0.05) is 160 Å². The zero-order chi connectivity index (χ0) is 52.7. The van der Waals surface area contributed by atoms with Crippen LogP contribution in [0.3, 0.4) is 0 Å². The van der Waals surface area contributed by atoms with Gasteiger partial charge in [-0.25, -0.2) is 4.90 Å². The third-order valence-electron chi connectivity index (χ3n) is 13.5. The highest BCUT2D eigenvalue weighted by Crippen LogP contribution is 2.68. The van der Waals surface area contributed by atoms with E-state index in [0.29, 0.717) is 16.9 Å². The predicted octanol–water partition coefficient (Wildman–Crippen LogP) is 15.0. The highest BCUT2D eigenvalue weighted by molar-refractivity contribution is 6.03. The molecule has 0 amide bonds. The summed E-state index contributed by atoms with van der Waals surface area (Å²) >= 11 is 0. The molecule has 0 fully saturated rings. The van der Waals surface area contributed by atoms with Gasteiger partial charge in [0.05, 0.1) is 30.9 Å². The van der Waals surface area contributed by atoms with E-state index in [0.717, 1.165) is 61.6 Å². The van der Waals surface area contributed by atoms with Crippen LogP contribution in [-0.4, -0.2) is 0 Å². The second kappa shape index (κ2) is 13.2. The molecule has 5 heterocycles. The molecule has 0 saturated carbocycles. The Hall–Kier alpha value is -6.13. The quantitative estimate of drug-likeness (QED) is 0.165. The predicted molar refractivity (Wildman–Crippen MR) is 261 cm³/mol. The van der Waals surface area contributed by atoms with Crippen LogP contribution < -0.4 is 19.1 Å². The fraction of sp³-hybridized carbons (Fsp3) is 0.305. The SMILES string of the molecule is [2H]c1c([2H])c(C([2H])([2H])[2H])c([2H])c([2H])c1-c1c([2H])c([2H])[n+]2c(c1[2H])-c1cc(C(C)(C)C)cc3c1C21Oc2c(cc(C(C)(C)C)cc2C(C)(C)C)C2N(c4ccc(C(C)C)cc4-c4ccccc4)c4cccc-3c4N21. The fourth-order valence-corrected chi connectivity index (χ4v) is 10.1. The van der Waals surface area contributed by atoms with Crippen LogP contribution in [0, 0.1) is 6.85 Å². The molecule has 6 aromatic carbocycles. The van der Waals surface area contributed by atoms with Crippen molar-refractivity contribution in [2.24, 2.45) is 0 Å². The van der Waals surface area contributed by atoms with Crippen LogP contribution in [0.1, 0.15) is 141 Å². The number of fused-ring (bicyclic) bond motifs is 5. The first-order chi connectivity index (χ1) is 34.0. The minimum atomic E-state index is -2.97. The van der Waals surface area contributed by atoms with E-state index in [9.17, 15) is 6.85 Å². The lowest BCUT2D eigenvalue weighted by molar-refractivity contribution is -0.774. The van der Waals surface area contributed by atoms with Gasteiger partial charge in [0.2, 0.25) is 5.69 Å². The van der Waals surface area contributed by atoms with E-state index in [2.05, 4.69) is 165 Å². The van der Waals surface area contributed by atoms with Crippen molar-refractivity contribution in [3.05, 3.63) is 172 Å². The van der Waals surface area contributed by atoms with E-state index in [1.54, 1.807) is 4.57 Å². The number of rotatable bonds is 4. The number of nitrogens with zero attached hydrogens (tertiary/aromatic N) is 3. The maximum Gasteiger partial charge on any atom is 0.432 e. The van der Waals surface area contributed by atoms with Gasteiger partial charge in [0.15, 0.2) is 6.17 Å². The highest BCUT2D eigenvalue weighted by atomic mass is 16.5. The maximum atomic E-state index is 10.4. The molecule has 4 aliphatic rings. The molecule has 7 aromatic rings. The van der Waals surface area contributed by atoms with E-state index in [1.807, 2.05) is 12.1 Å². The summed E-state index contributed by atoms with van der Waals surface area (Å²) in [5.41, 5.74) is 10.5. The molecule has 1 aromatic heterocycles. The third-order valence-corrected chi connectivity index (χ3v) is 13.5. The van der Waals surface area contributed by atoms with Gasteiger partial charge in [-0.05, 0) is 98.8 Å². The lowest BCUT2D eigenvalue weighted by Gasteiger charge is -2.49. The number of ether oxygens (including phenoxy) is 1. The number of benzene rings is 6. The molecule has 0 radical (unpaired) electrons. The molecule has 11 rings (SSSR count). The Bertz CT molecular complexity index is 3540. The van der Waals surface area contributed by atoms with Crippen molar-refractivity contribution in [3.8, 4) is 50.4 Å². The van der Waals surface area contributed by atoms with Gasteiger partial charge in [0, 0.05) is 44.0 Å². The molecule has 2 unspecified atom stereocenters. The van der Waals surface area contributed by atoms with Crippen LogP contribution >= 0.6 is 0 Å². The molecule has 0 bridgehead atoms. The molecule has 316 valence electrons. The van der Waals surface area contributed by atoms with E-state index in [-0.39, 0.29) is 34.8 Å². The van der Waals surface area contributed by atoms with Crippen molar-refractivity contribution in [1.29, 1.82) is 0 Å². The fourth-order valence-electron chi connectivity index (χ4n) is 10.1. The molecule has 1 spiro atoms. The average Bonchev–Trinajstić information content (AvgIpc) is 3.81. The normalized spacial score (nSPS) is 20.4. The summed E-state index contributed by atoms with van der Waals surface area (Å²) in [6, 6.07) is 28.5. The third kappa shape index (κ3) is 5.69. The van der Waals surface area contributed by atoms with Crippen LogP contribution in [0.15, 0.2) is 133 Å². The van der Waals surface area contributed by atoms with Gasteiger partial charge in [0.25, 0.3) is 0 Å². The molecule has 0 N–H and O–H groups in total. The summed E-state index contributed by atoms with van der Waals surface area (Å²) in [6.07, 6.45) is -1.02. The van der Waals surface area contributed by atoms with E-state index < -0.39 is 71.0 Å². The Morgan fingerprint density at radius 3 is 2.06 bits per heavy atom. The summed E-state index contributed by atoms with van der Waals surface area (Å²) in [5, 5.41) is 0. The summed E-state index contributed by atoms with van der Waals surface area (Å²) in [6.45, 7) is 21.0. The van der Waals surface area contributed by atoms with Gasteiger partial charge in [-0.2, -0.15) is 0 Å². The van der Waals surface area contributed by atoms with Crippen molar-refractivity contribution >= 4 is 17.1 Å². The van der Waals surface area contributed by atoms with E-state index >= 15 is 0 Å². The Balaban J connectivity index is 1.34. The van der Waals surface area contributed by atoms with Crippen LogP contribution in [0.25, 0.3) is 44.6 Å². The Kier molecular flexibility index (Phi) is 6.30. The van der Waals surface area contributed by atoms with Crippen LogP contribution in [0.2, 0.25) is 0 Å². The number of aromatic nitrogens is 1. The molecule has 4 nitrogen and oxygen atoms in total. The molecule has 4 heteroatoms. The second-order valence-electron chi connectivity index (χ2n) is 21.1. The highest BCUT2D eigenvalue weighted by Gasteiger charge is 2.70. The van der Waals surface area contributed by atoms with Crippen molar-refractivity contribution < 1.29 is 23.0 Å². The van der Waals surface area contributed by atoms with Gasteiger partial charge in [-0.3, -0.25) is 0 Å². The molecular formula is C59H60N3O+. The van der Waals surface area contributed by atoms with Crippen molar-refractivity contribution in [2.75, 3.05) is 9.80 Å². The average molecular weight is 837 g/mol. The lowest BCUT2D eigenvalue weighted by Crippen LogP contribution is -2.71. The first kappa shape index (κ1) is 30.0. The number of para-hydroxylation sites is 1. The lowest BCUT2D eigenvalue weighted by atomic mass is 9.77. The topological polar surface area (TPSA) is 19.6 Å². The maximum absolute atomic E-state index is 10.4. The first-order valence-corrected chi connectivity index (χ1v) is 22.2. The number of hydrogen-bond donors (Lipinski definition) is 0. The molecular weight excluding hydrogens is 767 g/mol. The van der Waals surface area contributed by atoms with Crippen LogP contribution in [-0.2, 0) is 22.1 Å². The standard InChI is InChI=1S/C59H60N3O/c1-35(2)39-25-26-49(44(29-39)38-17-14-13-15-18-38)61-50-20-16-19-43-45-31-41(56(4,5)6)32-46-51-30-40(37-23-21-36(3)22-24-37)27-28-60(51)59(52(45)46)62(53(43)50)55(61)47-33-42(57(7,8)9)34-48(54(47)63-59)58(10,11)12/h13-35,55H,1-12H3/q+1/i3D3,21D,22D,23D,24D,27D,28D,30D. The molecule has 0 aliphatic carbocycles. The smallest absolute Gasteiger partial charge is 0.410 e. The molecule has 2 atom stereocenters. The zero-order valence-electron chi connectivity index (χ0n) is 48.1. The number of anilines is 3. The number of hydrogen-bond acceptors (Lipinski definition) is 3. The van der Waals surface area contributed by atoms with Crippen molar-refractivity contribution in [2.45, 2.75) is 117 Å². The second-order valence-corrected chi connectivity index (χ2v) is 21.1. The van der Waals surface area contributed by atoms with Crippen LogP contribution in [0.4, 0.5) is 17.1 Å². The Morgan fingerprint density at radius 1 is 0.667 bits per heavy atom.